The van der Waals surface area contributed by atoms with Gasteiger partial charge in [-0.25, -0.2) is 18.7 Å². The predicted octanol–water partition coefficient (Wildman–Crippen LogP) is 5.04. The van der Waals surface area contributed by atoms with Gasteiger partial charge in [-0.3, -0.25) is 0 Å². The quantitative estimate of drug-likeness (QED) is 0.605. The zero-order valence-corrected chi connectivity index (χ0v) is 17.0. The van der Waals surface area contributed by atoms with Gasteiger partial charge in [0.2, 0.25) is 17.8 Å². The van der Waals surface area contributed by atoms with Crippen LogP contribution < -0.4 is 10.2 Å². The minimum absolute atomic E-state index is 0.0395. The molecule has 1 saturated heterocycles. The fourth-order valence-corrected chi connectivity index (χ4v) is 4.25. The molecule has 0 radical (unpaired) electrons. The van der Waals surface area contributed by atoms with E-state index < -0.39 is 11.9 Å². The summed E-state index contributed by atoms with van der Waals surface area (Å²) in [6.45, 7) is 5.58. The molecule has 5 rings (SSSR count). The van der Waals surface area contributed by atoms with Crippen LogP contribution in [-0.2, 0) is 6.54 Å². The van der Waals surface area contributed by atoms with Gasteiger partial charge in [0.15, 0.2) is 0 Å². The molecule has 1 aliphatic heterocycles. The van der Waals surface area contributed by atoms with Gasteiger partial charge in [-0.15, -0.1) is 0 Å². The van der Waals surface area contributed by atoms with Gasteiger partial charge in [-0.2, -0.15) is 9.37 Å². The Labute approximate surface area is 173 Å². The van der Waals surface area contributed by atoms with E-state index in [0.29, 0.717) is 25.6 Å². The Bertz CT molecular complexity index is 1020. The van der Waals surface area contributed by atoms with Crippen molar-refractivity contribution in [3.8, 4) is 0 Å². The van der Waals surface area contributed by atoms with Crippen LogP contribution in [-0.4, -0.2) is 34.0 Å². The Kier molecular flexibility index (Phi) is 5.26. The molecule has 158 valence electrons. The first-order valence-electron chi connectivity index (χ1n) is 10.2. The van der Waals surface area contributed by atoms with E-state index in [1.807, 2.05) is 43.0 Å². The van der Waals surface area contributed by atoms with E-state index in [2.05, 4.69) is 20.3 Å². The van der Waals surface area contributed by atoms with Gasteiger partial charge in [0.1, 0.15) is 5.82 Å². The van der Waals surface area contributed by atoms with Crippen molar-refractivity contribution >= 4 is 22.7 Å². The average Bonchev–Trinajstić information content (AvgIpc) is 2.70. The van der Waals surface area contributed by atoms with Crippen molar-refractivity contribution in [2.24, 2.45) is 5.41 Å². The van der Waals surface area contributed by atoms with Crippen molar-refractivity contribution in [2.45, 2.75) is 39.2 Å². The largest absolute Gasteiger partial charge is 0.355 e. The summed E-state index contributed by atoms with van der Waals surface area (Å²) >= 11 is 0. The van der Waals surface area contributed by atoms with Crippen molar-refractivity contribution in [3.63, 3.8) is 0 Å². The topological polar surface area (TPSA) is 53.9 Å². The molecule has 30 heavy (non-hydrogen) atoms. The Balaban J connectivity index is 0.00000106. The zero-order chi connectivity index (χ0) is 21.4. The highest BCUT2D eigenvalue weighted by Crippen LogP contribution is 2.57. The van der Waals surface area contributed by atoms with Gasteiger partial charge in [0.05, 0.1) is 5.52 Å². The minimum atomic E-state index is -2.52. The number of nitrogens with zero attached hydrogens (tertiary/aromatic N) is 4. The van der Waals surface area contributed by atoms with Crippen molar-refractivity contribution in [3.05, 3.63) is 54.1 Å². The molecule has 1 aliphatic carbocycles. The van der Waals surface area contributed by atoms with Crippen molar-refractivity contribution < 1.29 is 13.2 Å². The van der Waals surface area contributed by atoms with Crippen molar-refractivity contribution in [2.75, 3.05) is 23.3 Å². The number of para-hydroxylation sites is 1. The first kappa shape index (κ1) is 20.4. The summed E-state index contributed by atoms with van der Waals surface area (Å²) in [6, 6.07) is 10.6. The van der Waals surface area contributed by atoms with Gasteiger partial charge in [-0.05, 0) is 23.8 Å². The highest BCUT2D eigenvalue weighted by Gasteiger charge is 2.62. The third kappa shape index (κ3) is 3.91. The van der Waals surface area contributed by atoms with Crippen LogP contribution in [0.15, 0.2) is 42.6 Å². The first-order chi connectivity index (χ1) is 14.4. The van der Waals surface area contributed by atoms with Gasteiger partial charge in [-0.1, -0.05) is 32.0 Å². The third-order valence-electron chi connectivity index (χ3n) is 5.44. The van der Waals surface area contributed by atoms with Gasteiger partial charge in [0, 0.05) is 49.5 Å². The van der Waals surface area contributed by atoms with E-state index in [1.165, 1.54) is 12.3 Å². The molecule has 0 amide bonds. The predicted molar refractivity (Wildman–Crippen MR) is 111 cm³/mol. The number of hydrogen-bond acceptors (Lipinski definition) is 5. The monoisotopic (exact) mass is 415 g/mol. The summed E-state index contributed by atoms with van der Waals surface area (Å²) in [6.07, 6.45) is 1.38. The maximum absolute atomic E-state index is 13.3. The van der Waals surface area contributed by atoms with E-state index in [9.17, 15) is 13.2 Å². The molecular formula is C22H24F3N5. The molecule has 1 aromatic carbocycles. The summed E-state index contributed by atoms with van der Waals surface area (Å²) in [5.74, 6) is -1.85. The summed E-state index contributed by atoms with van der Waals surface area (Å²) in [4.78, 5) is 14.9. The summed E-state index contributed by atoms with van der Waals surface area (Å²) < 4.78 is 39.6. The lowest BCUT2D eigenvalue weighted by atomic mass is 9.61. The molecule has 0 bridgehead atoms. The lowest BCUT2D eigenvalue weighted by Gasteiger charge is -2.59. The van der Waals surface area contributed by atoms with Crippen LogP contribution >= 0.6 is 0 Å². The van der Waals surface area contributed by atoms with Crippen LogP contribution in [0.1, 0.15) is 32.3 Å². The molecule has 2 aliphatic rings. The van der Waals surface area contributed by atoms with E-state index in [-0.39, 0.29) is 18.3 Å². The second-order valence-corrected chi connectivity index (χ2v) is 7.80. The molecule has 3 heterocycles. The maximum atomic E-state index is 13.3. The number of nitrogens with one attached hydrogen (secondary N) is 1. The van der Waals surface area contributed by atoms with Crippen LogP contribution in [0.3, 0.4) is 0 Å². The van der Waals surface area contributed by atoms with Crippen LogP contribution in [0.25, 0.3) is 10.9 Å². The molecule has 8 heteroatoms. The molecule has 0 unspecified atom stereocenters. The highest BCUT2D eigenvalue weighted by molar-refractivity contribution is 5.91. The fourth-order valence-electron chi connectivity index (χ4n) is 4.25. The van der Waals surface area contributed by atoms with E-state index in [0.717, 1.165) is 22.3 Å². The Morgan fingerprint density at radius 1 is 1.03 bits per heavy atom. The highest BCUT2D eigenvalue weighted by atomic mass is 19.3. The smallest absolute Gasteiger partial charge is 0.249 e. The first-order valence-corrected chi connectivity index (χ1v) is 10.2. The van der Waals surface area contributed by atoms with E-state index in [1.54, 1.807) is 6.07 Å². The average molecular weight is 415 g/mol. The summed E-state index contributed by atoms with van der Waals surface area (Å²) in [5, 5.41) is 4.05. The van der Waals surface area contributed by atoms with Crippen molar-refractivity contribution in [1.82, 2.24) is 15.0 Å². The van der Waals surface area contributed by atoms with Gasteiger partial charge >= 0.3 is 0 Å². The third-order valence-corrected chi connectivity index (χ3v) is 5.44. The van der Waals surface area contributed by atoms with Crippen LogP contribution in [0.4, 0.5) is 24.9 Å². The normalized spacial score (nSPS) is 18.2. The molecule has 2 fully saturated rings. The molecule has 3 aromatic rings. The summed E-state index contributed by atoms with van der Waals surface area (Å²) in [7, 11) is 0. The lowest BCUT2D eigenvalue weighted by molar-refractivity contribution is -0.170. The summed E-state index contributed by atoms with van der Waals surface area (Å²) in [5.41, 5.74) is 1.31. The molecule has 1 N–H and O–H groups in total. The molecule has 1 saturated carbocycles. The molecule has 2 aromatic heterocycles. The van der Waals surface area contributed by atoms with E-state index in [4.69, 9.17) is 0 Å². The Morgan fingerprint density at radius 3 is 2.43 bits per heavy atom. The number of benzene rings is 1. The standard InChI is InChI=1S/C20H18F3N5.C2H6/c21-16-6-5-13(7-24-16)8-25-18-26-15-4-2-1-3-14(15)17(27-18)28-11-19(12-28)9-20(22,23)10-19;1-2/h1-7H,8-12H2,(H,25,26,27);1-2H3. The Hall–Kier alpha value is -2.90. The number of anilines is 2. The van der Waals surface area contributed by atoms with E-state index >= 15 is 0 Å². The number of halogens is 3. The number of alkyl halides is 2. The number of aromatic nitrogens is 3. The lowest BCUT2D eigenvalue weighted by Crippen LogP contribution is -2.66. The van der Waals surface area contributed by atoms with Gasteiger partial charge < -0.3 is 10.2 Å². The molecule has 5 nitrogen and oxygen atoms in total. The minimum Gasteiger partial charge on any atom is -0.355 e. The van der Waals surface area contributed by atoms with Gasteiger partial charge in [0.25, 0.3) is 0 Å². The number of fused-ring (bicyclic) bond motifs is 1. The van der Waals surface area contributed by atoms with Crippen LogP contribution in [0.5, 0.6) is 0 Å². The number of rotatable bonds is 4. The van der Waals surface area contributed by atoms with Crippen LogP contribution in [0, 0.1) is 11.4 Å². The molecular weight excluding hydrogens is 391 g/mol. The maximum Gasteiger partial charge on any atom is 0.249 e. The number of hydrogen-bond donors (Lipinski definition) is 1. The second kappa shape index (κ2) is 7.74. The zero-order valence-electron chi connectivity index (χ0n) is 17.0. The van der Waals surface area contributed by atoms with Crippen LogP contribution in [0.2, 0.25) is 0 Å². The Morgan fingerprint density at radius 2 is 1.77 bits per heavy atom. The second-order valence-electron chi connectivity index (χ2n) is 7.80. The SMILES string of the molecule is CC.Fc1ccc(CNc2nc(N3CC4(C3)CC(F)(F)C4)c3ccccc3n2)cn1. The fraction of sp³-hybridized carbons (Fsp3) is 0.409. The molecule has 1 spiro atoms. The van der Waals surface area contributed by atoms with Crippen molar-refractivity contribution in [1.29, 1.82) is 0 Å². The number of pyridine rings is 1. The molecule has 0 atom stereocenters.